The van der Waals surface area contributed by atoms with E-state index in [1.54, 1.807) is 18.3 Å². The van der Waals surface area contributed by atoms with E-state index in [0.717, 1.165) is 13.2 Å². The lowest BCUT2D eigenvalue weighted by molar-refractivity contribution is 0.198. The third-order valence-corrected chi connectivity index (χ3v) is 3.55. The van der Waals surface area contributed by atoms with Crippen molar-refractivity contribution in [3.8, 4) is 11.3 Å². The van der Waals surface area contributed by atoms with Crippen LogP contribution < -0.4 is 11.5 Å². The highest BCUT2D eigenvalue weighted by Crippen LogP contribution is 2.29. The third kappa shape index (κ3) is 3.40. The molecule has 1 saturated heterocycles. The van der Waals surface area contributed by atoms with E-state index in [0.29, 0.717) is 16.8 Å². The summed E-state index contributed by atoms with van der Waals surface area (Å²) in [7, 11) is 0. The highest BCUT2D eigenvalue weighted by molar-refractivity contribution is 5.94. The molecule has 1 aliphatic heterocycles. The number of nitrogens with one attached hydrogen (secondary N) is 1. The molecule has 2 aromatic heterocycles. The number of nitrogen functional groups attached to an aromatic ring is 2. The summed E-state index contributed by atoms with van der Waals surface area (Å²) in [5.74, 6) is -0.164. The van der Waals surface area contributed by atoms with Gasteiger partial charge in [0.25, 0.3) is 0 Å². The van der Waals surface area contributed by atoms with Crippen LogP contribution >= 0.6 is 0 Å². The second-order valence-electron chi connectivity index (χ2n) is 5.28. The van der Waals surface area contributed by atoms with Crippen LogP contribution in [0.15, 0.2) is 30.5 Å². The summed E-state index contributed by atoms with van der Waals surface area (Å²) in [5, 5.41) is 6.88. The minimum atomic E-state index is -0.429. The molecule has 0 unspecified atom stereocenters. The number of benzene rings is 1. The molecule has 0 aliphatic carbocycles. The van der Waals surface area contributed by atoms with E-state index < -0.39 is 5.82 Å². The second kappa shape index (κ2) is 6.62. The van der Waals surface area contributed by atoms with Gasteiger partial charge in [0.1, 0.15) is 11.6 Å². The number of halogens is 1. The number of rotatable bonds is 1. The van der Waals surface area contributed by atoms with Crippen molar-refractivity contribution in [2.24, 2.45) is 0 Å². The largest absolute Gasteiger partial charge is 0.398 e. The van der Waals surface area contributed by atoms with Gasteiger partial charge in [-0.3, -0.25) is 5.10 Å². The summed E-state index contributed by atoms with van der Waals surface area (Å²) in [6, 6.07) is 6.31. The summed E-state index contributed by atoms with van der Waals surface area (Å²) in [6.45, 7) is 2.00. The highest BCUT2D eigenvalue weighted by Gasteiger charge is 2.11. The van der Waals surface area contributed by atoms with E-state index >= 15 is 0 Å². The first-order chi connectivity index (χ1) is 11.1. The zero-order valence-electron chi connectivity index (χ0n) is 12.6. The Morgan fingerprint density at radius 3 is 2.52 bits per heavy atom. The Morgan fingerprint density at radius 2 is 1.91 bits per heavy atom. The number of H-pyrrole nitrogens is 1. The molecule has 0 saturated carbocycles. The van der Waals surface area contributed by atoms with Crippen molar-refractivity contribution in [1.29, 1.82) is 0 Å². The molecule has 0 atom stereocenters. The van der Waals surface area contributed by atoms with Crippen molar-refractivity contribution in [2.45, 2.75) is 12.8 Å². The molecule has 7 heteroatoms. The number of nitrogens with zero attached hydrogens (tertiary/aromatic N) is 2. The van der Waals surface area contributed by atoms with Gasteiger partial charge in [-0.1, -0.05) is 0 Å². The first kappa shape index (κ1) is 15.2. The maximum atomic E-state index is 14.0. The number of aromatic amines is 1. The van der Waals surface area contributed by atoms with Crippen molar-refractivity contribution >= 4 is 22.4 Å². The van der Waals surface area contributed by atoms with Crippen LogP contribution in [-0.2, 0) is 4.74 Å². The van der Waals surface area contributed by atoms with E-state index in [-0.39, 0.29) is 16.9 Å². The van der Waals surface area contributed by atoms with Crippen LogP contribution in [0.5, 0.6) is 0 Å². The SMILES string of the molecule is C1CCOC1.Nc1cc(N)c2c(F)cc(-c3ccn[nH]3)cc2n1. The first-order valence-corrected chi connectivity index (χ1v) is 7.38. The normalized spacial score (nSPS) is 13.8. The minimum Gasteiger partial charge on any atom is -0.398 e. The van der Waals surface area contributed by atoms with Gasteiger partial charge in [-0.05, 0) is 31.0 Å². The van der Waals surface area contributed by atoms with Gasteiger partial charge in [0.15, 0.2) is 0 Å². The van der Waals surface area contributed by atoms with Crippen LogP contribution in [0.3, 0.4) is 0 Å². The molecule has 0 radical (unpaired) electrons. The number of ether oxygens (including phenoxy) is 1. The fourth-order valence-electron chi connectivity index (χ4n) is 2.45. The Balaban J connectivity index is 0.000000267. The third-order valence-electron chi connectivity index (χ3n) is 3.55. The van der Waals surface area contributed by atoms with Crippen LogP contribution in [-0.4, -0.2) is 28.4 Å². The summed E-state index contributed by atoms with van der Waals surface area (Å²) in [6.07, 6.45) is 4.15. The van der Waals surface area contributed by atoms with Crippen molar-refractivity contribution in [3.63, 3.8) is 0 Å². The van der Waals surface area contributed by atoms with Gasteiger partial charge in [-0.2, -0.15) is 5.10 Å². The van der Waals surface area contributed by atoms with Crippen LogP contribution in [0, 0.1) is 5.82 Å². The zero-order valence-corrected chi connectivity index (χ0v) is 12.6. The molecule has 3 heterocycles. The predicted octanol–water partition coefficient (Wildman–Crippen LogP) is 2.73. The van der Waals surface area contributed by atoms with Gasteiger partial charge >= 0.3 is 0 Å². The number of fused-ring (bicyclic) bond motifs is 1. The summed E-state index contributed by atoms with van der Waals surface area (Å²) in [5.41, 5.74) is 13.4. The molecule has 23 heavy (non-hydrogen) atoms. The molecule has 0 spiro atoms. The Bertz CT molecular complexity index is 792. The predicted molar refractivity (Wildman–Crippen MR) is 88.2 cm³/mol. The highest BCUT2D eigenvalue weighted by atomic mass is 19.1. The zero-order chi connectivity index (χ0) is 16.2. The van der Waals surface area contributed by atoms with E-state index in [9.17, 15) is 4.39 Å². The van der Waals surface area contributed by atoms with E-state index in [1.807, 2.05) is 0 Å². The maximum absolute atomic E-state index is 14.0. The molecule has 1 fully saturated rings. The lowest BCUT2D eigenvalue weighted by Crippen LogP contribution is -1.97. The standard InChI is InChI=1S/C12H10FN5.C4H8O/c13-7-3-6(9-1-2-16-18-9)4-10-12(7)8(14)5-11(15)17-10;1-2-4-5-3-1/h1-5H,(H,16,18)(H4,14,15,17);1-4H2. The van der Waals surface area contributed by atoms with Crippen molar-refractivity contribution < 1.29 is 9.13 Å². The molecule has 6 nitrogen and oxygen atoms in total. The first-order valence-electron chi connectivity index (χ1n) is 7.38. The number of hydrogen-bond acceptors (Lipinski definition) is 5. The summed E-state index contributed by atoms with van der Waals surface area (Å²) < 4.78 is 19.0. The molecule has 3 aromatic rings. The average molecular weight is 315 g/mol. The van der Waals surface area contributed by atoms with E-state index in [1.165, 1.54) is 25.0 Å². The Kier molecular flexibility index (Phi) is 4.38. The number of aromatic nitrogens is 3. The Morgan fingerprint density at radius 1 is 1.13 bits per heavy atom. The fourth-order valence-corrected chi connectivity index (χ4v) is 2.45. The lowest BCUT2D eigenvalue weighted by atomic mass is 10.1. The molecule has 1 aliphatic rings. The van der Waals surface area contributed by atoms with Crippen LogP contribution in [0.4, 0.5) is 15.9 Å². The van der Waals surface area contributed by atoms with Gasteiger partial charge in [-0.15, -0.1) is 0 Å². The number of anilines is 2. The summed E-state index contributed by atoms with van der Waals surface area (Å²) >= 11 is 0. The van der Waals surface area contributed by atoms with Crippen molar-refractivity contribution in [1.82, 2.24) is 15.2 Å². The van der Waals surface area contributed by atoms with Crippen molar-refractivity contribution in [2.75, 3.05) is 24.7 Å². The Labute approximate surface area is 132 Å². The molecule has 1 aromatic carbocycles. The van der Waals surface area contributed by atoms with Gasteiger partial charge in [0.05, 0.1) is 16.6 Å². The monoisotopic (exact) mass is 315 g/mol. The smallest absolute Gasteiger partial charge is 0.135 e. The molecule has 0 bridgehead atoms. The quantitative estimate of drug-likeness (QED) is 0.640. The van der Waals surface area contributed by atoms with Gasteiger partial charge < -0.3 is 16.2 Å². The Hall–Kier alpha value is -2.67. The van der Waals surface area contributed by atoms with Crippen LogP contribution in [0.2, 0.25) is 0 Å². The minimum absolute atomic E-state index is 0.265. The average Bonchev–Trinajstić information content (AvgIpc) is 3.22. The number of pyridine rings is 1. The summed E-state index contributed by atoms with van der Waals surface area (Å²) in [4.78, 5) is 4.09. The van der Waals surface area contributed by atoms with Crippen LogP contribution in [0.1, 0.15) is 12.8 Å². The fraction of sp³-hybridized carbons (Fsp3) is 0.250. The van der Waals surface area contributed by atoms with Crippen LogP contribution in [0.25, 0.3) is 22.2 Å². The van der Waals surface area contributed by atoms with Gasteiger partial charge in [0.2, 0.25) is 0 Å². The molecule has 4 rings (SSSR count). The number of hydrogen-bond donors (Lipinski definition) is 3. The second-order valence-corrected chi connectivity index (χ2v) is 5.28. The van der Waals surface area contributed by atoms with Gasteiger partial charge in [-0.25, -0.2) is 9.37 Å². The lowest BCUT2D eigenvalue weighted by Gasteiger charge is -2.06. The van der Waals surface area contributed by atoms with Crippen molar-refractivity contribution in [3.05, 3.63) is 36.3 Å². The molecule has 120 valence electrons. The number of nitrogens with two attached hydrogens (primary N) is 2. The van der Waals surface area contributed by atoms with Gasteiger partial charge in [0, 0.05) is 36.7 Å². The molecular formula is C16H18FN5O. The van der Waals surface area contributed by atoms with E-state index in [2.05, 4.69) is 15.2 Å². The molecule has 5 N–H and O–H groups in total. The topological polar surface area (TPSA) is 103 Å². The maximum Gasteiger partial charge on any atom is 0.135 e. The molecule has 0 amide bonds. The molecular weight excluding hydrogens is 297 g/mol. The van der Waals surface area contributed by atoms with E-state index in [4.69, 9.17) is 16.2 Å².